The Morgan fingerprint density at radius 2 is 1.68 bits per heavy atom. The van der Waals surface area contributed by atoms with E-state index >= 15 is 0 Å². The molecule has 0 aromatic heterocycles. The number of ether oxygens (including phenoxy) is 7. The van der Waals surface area contributed by atoms with Crippen LogP contribution in [0.5, 0.6) is 5.75 Å². The summed E-state index contributed by atoms with van der Waals surface area (Å²) in [6.45, 7) is 5.04. The maximum Gasteiger partial charge on any atom is 0.338 e. The summed E-state index contributed by atoms with van der Waals surface area (Å²) in [5.41, 5.74) is -3.89. The topological polar surface area (TPSA) is 142 Å². The van der Waals surface area contributed by atoms with Gasteiger partial charge in [0.05, 0.1) is 43.7 Å². The number of likely N-dealkylation sites (tertiary alicyclic amines) is 1. The van der Waals surface area contributed by atoms with E-state index in [0.29, 0.717) is 37.4 Å². The summed E-state index contributed by atoms with van der Waals surface area (Å²) >= 11 is 0. The fraction of sp³-hybridized carbons (Fsp3) is 0.771. The molecule has 7 rings (SSSR count). The molecule has 1 aromatic rings. The van der Waals surface area contributed by atoms with Crippen LogP contribution in [0.15, 0.2) is 24.3 Å². The molecule has 260 valence electrons. The van der Waals surface area contributed by atoms with Crippen LogP contribution in [-0.2, 0) is 33.2 Å². The number of methoxy groups -OCH3 is 5. The summed E-state index contributed by atoms with van der Waals surface area (Å²) in [5, 5.41) is 24.8. The van der Waals surface area contributed by atoms with Gasteiger partial charge in [-0.3, -0.25) is 9.69 Å². The van der Waals surface area contributed by atoms with Crippen molar-refractivity contribution in [3.63, 3.8) is 0 Å². The van der Waals surface area contributed by atoms with Gasteiger partial charge in [-0.1, -0.05) is 6.92 Å². The van der Waals surface area contributed by atoms with Crippen LogP contribution in [0, 0.1) is 34.5 Å². The van der Waals surface area contributed by atoms with Crippen molar-refractivity contribution in [3.8, 4) is 5.75 Å². The summed E-state index contributed by atoms with van der Waals surface area (Å²) < 4.78 is 43.2. The van der Waals surface area contributed by atoms with Crippen LogP contribution in [0.3, 0.4) is 0 Å². The van der Waals surface area contributed by atoms with Crippen molar-refractivity contribution in [2.24, 2.45) is 34.5 Å². The van der Waals surface area contributed by atoms with E-state index in [4.69, 9.17) is 33.2 Å². The molecule has 7 bridgehead atoms. The number of piperidine rings is 1. The molecule has 12 heteroatoms. The molecule has 1 aliphatic heterocycles. The lowest BCUT2D eigenvalue weighted by atomic mass is 9.42. The zero-order chi connectivity index (χ0) is 33.7. The van der Waals surface area contributed by atoms with E-state index in [-0.39, 0.29) is 30.7 Å². The van der Waals surface area contributed by atoms with Crippen molar-refractivity contribution < 1.29 is 53.0 Å². The fourth-order valence-electron chi connectivity index (χ4n) is 12.4. The maximum atomic E-state index is 13.9. The molecule has 14 atom stereocenters. The van der Waals surface area contributed by atoms with Crippen molar-refractivity contribution in [3.05, 3.63) is 29.8 Å². The second-order valence-electron chi connectivity index (χ2n) is 14.7. The Bertz CT molecular complexity index is 1390. The largest absolute Gasteiger partial charge is 0.497 e. The van der Waals surface area contributed by atoms with E-state index < -0.39 is 76.3 Å². The lowest BCUT2D eigenvalue weighted by molar-refractivity contribution is -0.300. The molecule has 1 spiro atoms. The Morgan fingerprint density at radius 1 is 0.979 bits per heavy atom. The van der Waals surface area contributed by atoms with Crippen LogP contribution >= 0.6 is 0 Å². The number of aliphatic hydroxyl groups is 2. The molecule has 5 saturated carbocycles. The Hall–Kier alpha value is -2.32. The summed E-state index contributed by atoms with van der Waals surface area (Å²) in [4.78, 5) is 29.5. The molecule has 6 aliphatic rings. The fourth-order valence-corrected chi connectivity index (χ4v) is 12.4. The predicted molar refractivity (Wildman–Crippen MR) is 166 cm³/mol. The van der Waals surface area contributed by atoms with Crippen LogP contribution in [0.25, 0.3) is 0 Å². The number of carbonyl (C=O) groups is 2. The first-order valence-electron chi connectivity index (χ1n) is 16.7. The van der Waals surface area contributed by atoms with Gasteiger partial charge in [0.1, 0.15) is 23.1 Å². The number of rotatable bonds is 10. The normalized spacial score (nSPS) is 47.4. The third kappa shape index (κ3) is 4.00. The molecule has 2 N–H and O–H groups in total. The zero-order valence-corrected chi connectivity index (χ0v) is 28.3. The van der Waals surface area contributed by atoms with Gasteiger partial charge in [-0.25, -0.2) is 4.79 Å². The van der Waals surface area contributed by atoms with Crippen molar-refractivity contribution in [1.82, 2.24) is 4.90 Å². The second-order valence-corrected chi connectivity index (χ2v) is 14.7. The van der Waals surface area contributed by atoms with Gasteiger partial charge in [-0.2, -0.15) is 0 Å². The minimum atomic E-state index is -1.58. The van der Waals surface area contributed by atoms with E-state index in [2.05, 4.69) is 11.8 Å². The number of benzene rings is 1. The van der Waals surface area contributed by atoms with Crippen LogP contribution < -0.4 is 4.74 Å². The number of esters is 2. The molecule has 1 aromatic carbocycles. The number of nitrogens with zero attached hydrogens (tertiary/aromatic N) is 1. The van der Waals surface area contributed by atoms with Crippen LogP contribution in [-0.4, -0.2) is 130 Å². The number of fused-ring (bicyclic) bond motifs is 2. The minimum Gasteiger partial charge on any atom is -0.497 e. The average Bonchev–Trinajstić information content (AvgIpc) is 3.43. The van der Waals surface area contributed by atoms with Crippen LogP contribution in [0.2, 0.25) is 0 Å². The van der Waals surface area contributed by atoms with Gasteiger partial charge >= 0.3 is 11.9 Å². The molecule has 1 heterocycles. The lowest BCUT2D eigenvalue weighted by Crippen LogP contribution is -2.79. The molecule has 0 amide bonds. The highest BCUT2D eigenvalue weighted by Gasteiger charge is 2.90. The average molecular weight is 660 g/mol. The Kier molecular flexibility index (Phi) is 8.02. The van der Waals surface area contributed by atoms with E-state index in [0.717, 1.165) is 0 Å². The number of aliphatic hydroxyl groups excluding tert-OH is 1. The predicted octanol–water partition coefficient (Wildman–Crippen LogP) is 1.69. The van der Waals surface area contributed by atoms with Crippen molar-refractivity contribution in [1.29, 1.82) is 0 Å². The zero-order valence-electron chi connectivity index (χ0n) is 28.3. The van der Waals surface area contributed by atoms with Gasteiger partial charge in [0.15, 0.2) is 0 Å². The minimum absolute atomic E-state index is 0.179. The van der Waals surface area contributed by atoms with Gasteiger partial charge in [0.25, 0.3) is 0 Å². The van der Waals surface area contributed by atoms with E-state index in [1.807, 2.05) is 0 Å². The lowest BCUT2D eigenvalue weighted by Gasteiger charge is -2.70. The molecular weight excluding hydrogens is 610 g/mol. The van der Waals surface area contributed by atoms with Crippen LogP contribution in [0.4, 0.5) is 0 Å². The van der Waals surface area contributed by atoms with Gasteiger partial charge in [-0.05, 0) is 43.1 Å². The molecule has 12 nitrogen and oxygen atoms in total. The molecule has 47 heavy (non-hydrogen) atoms. The highest BCUT2D eigenvalue weighted by atomic mass is 16.6. The van der Waals surface area contributed by atoms with Gasteiger partial charge < -0.3 is 43.4 Å². The highest BCUT2D eigenvalue weighted by Crippen LogP contribution is 2.80. The highest BCUT2D eigenvalue weighted by molar-refractivity contribution is 5.89. The van der Waals surface area contributed by atoms with Crippen molar-refractivity contribution in [2.45, 2.75) is 80.9 Å². The van der Waals surface area contributed by atoms with Crippen molar-refractivity contribution >= 4 is 11.9 Å². The van der Waals surface area contributed by atoms with Crippen LogP contribution in [0.1, 0.15) is 43.5 Å². The SMILES string of the molecule is CCN1C[C@]2(COC)[C@H](O)C[C@H](OC)C34C1C([C@H](OC)[C@@H]32)[C@@]1(OC(C)=O)C[C@H](OC)[C@]2(O)C[C@@H]4[C@@H]1[C@H]2OC(=O)c1ccc(OC)cc1. The first-order valence-corrected chi connectivity index (χ1v) is 16.7. The number of hydrogen-bond acceptors (Lipinski definition) is 12. The molecular formula is C35H49NO11. The smallest absolute Gasteiger partial charge is 0.338 e. The molecule has 0 radical (unpaired) electrons. The molecule has 1 saturated heterocycles. The summed E-state index contributed by atoms with van der Waals surface area (Å²) in [7, 11) is 8.11. The Labute approximate surface area is 275 Å². The quantitative estimate of drug-likeness (QED) is 0.353. The second kappa shape index (κ2) is 11.4. The number of hydrogen-bond donors (Lipinski definition) is 2. The maximum absolute atomic E-state index is 13.9. The Balaban J connectivity index is 1.47. The summed E-state index contributed by atoms with van der Waals surface area (Å²) in [6, 6.07) is 6.44. The number of carbonyl (C=O) groups excluding carboxylic acids is 2. The van der Waals surface area contributed by atoms with E-state index in [1.165, 1.54) is 14.0 Å². The van der Waals surface area contributed by atoms with E-state index in [9.17, 15) is 19.8 Å². The first-order chi connectivity index (χ1) is 22.5. The van der Waals surface area contributed by atoms with Gasteiger partial charge in [0.2, 0.25) is 0 Å². The van der Waals surface area contributed by atoms with Gasteiger partial charge in [-0.15, -0.1) is 0 Å². The monoisotopic (exact) mass is 659 g/mol. The molecule has 6 fully saturated rings. The Morgan fingerprint density at radius 3 is 2.26 bits per heavy atom. The third-order valence-electron chi connectivity index (χ3n) is 13.4. The molecule has 3 unspecified atom stereocenters. The van der Waals surface area contributed by atoms with Crippen molar-refractivity contribution in [2.75, 3.05) is 55.2 Å². The standard InChI is InChI=1S/C35H49NO11/c1-8-36-16-32(17-41-3)22(38)13-23(43-5)35-21-14-33(40)24(44-6)15-34(47-18(2)37,26(29(35)36)27(45-7)28(32)35)25(21)30(33)46-31(39)19-9-11-20(42-4)12-10-19/h9-12,21-30,38,40H,8,13-17H2,1-7H3/t21-,22-,23+,24+,25-,26?,27+,28-,29?,30-,32+,33-,34-,35?/m1/s1. The van der Waals surface area contributed by atoms with Gasteiger partial charge in [0, 0.05) is 89.4 Å². The van der Waals surface area contributed by atoms with E-state index in [1.54, 1.807) is 52.7 Å². The first kappa shape index (κ1) is 33.2. The third-order valence-corrected chi connectivity index (χ3v) is 13.4. The summed E-state index contributed by atoms with van der Waals surface area (Å²) in [6.07, 6.45) is -2.70. The molecule has 5 aliphatic carbocycles. The summed E-state index contributed by atoms with van der Waals surface area (Å²) in [5.74, 6) is -2.10.